The predicted molar refractivity (Wildman–Crippen MR) is 129 cm³/mol. The number of anilines is 1. The summed E-state index contributed by atoms with van der Waals surface area (Å²) in [4.78, 5) is 26.5. The summed E-state index contributed by atoms with van der Waals surface area (Å²) in [5, 5.41) is 5.31. The van der Waals surface area contributed by atoms with Gasteiger partial charge in [-0.3, -0.25) is 4.79 Å². The highest BCUT2D eigenvalue weighted by molar-refractivity contribution is 6.30. The molecule has 0 aliphatic carbocycles. The van der Waals surface area contributed by atoms with Gasteiger partial charge in [-0.25, -0.2) is 14.6 Å². The highest BCUT2D eigenvalue weighted by Crippen LogP contribution is 2.30. The van der Waals surface area contributed by atoms with Gasteiger partial charge in [-0.05, 0) is 38.3 Å². The number of carbonyl (C=O) groups is 1. The zero-order chi connectivity index (χ0) is 22.8. The minimum Gasteiger partial charge on any atom is -0.354 e. The number of carbonyl (C=O) groups excluding carboxylic acids is 1. The lowest BCUT2D eigenvalue weighted by Crippen LogP contribution is -2.38. The Morgan fingerprint density at radius 2 is 1.81 bits per heavy atom. The van der Waals surface area contributed by atoms with Gasteiger partial charge in [0, 0.05) is 32.6 Å². The number of rotatable bonds is 5. The van der Waals surface area contributed by atoms with Gasteiger partial charge < -0.3 is 9.80 Å². The van der Waals surface area contributed by atoms with Crippen LogP contribution in [-0.2, 0) is 11.2 Å². The number of benzene rings is 1. The monoisotopic (exact) mass is 454 g/mol. The molecular weight excluding hydrogens is 424 g/mol. The van der Waals surface area contributed by atoms with Crippen LogP contribution in [0.1, 0.15) is 38.7 Å². The van der Waals surface area contributed by atoms with E-state index >= 15 is 0 Å². The van der Waals surface area contributed by atoms with E-state index in [0.29, 0.717) is 25.6 Å². The maximum absolute atomic E-state index is 12.4. The normalized spacial score (nSPS) is 15.9. The van der Waals surface area contributed by atoms with Crippen LogP contribution in [0.3, 0.4) is 0 Å². The number of nitrogens with zero attached hydrogens (tertiary/aromatic N) is 6. The maximum atomic E-state index is 12.4. The number of hydrogen-bond donors (Lipinski definition) is 0. The quantitative estimate of drug-likeness (QED) is 0.545. The molecule has 1 fully saturated rings. The van der Waals surface area contributed by atoms with Gasteiger partial charge in [0.05, 0.1) is 16.8 Å². The molecule has 1 atom stereocenters. The zero-order valence-electron chi connectivity index (χ0n) is 19.3. The molecule has 0 bridgehead atoms. The smallest absolute Gasteiger partial charge is 0.240 e. The van der Waals surface area contributed by atoms with Crippen LogP contribution in [0.15, 0.2) is 30.3 Å². The summed E-state index contributed by atoms with van der Waals surface area (Å²) in [7, 11) is 0. The van der Waals surface area contributed by atoms with Gasteiger partial charge in [-0.1, -0.05) is 32.0 Å². The van der Waals surface area contributed by atoms with E-state index in [1.54, 1.807) is 6.92 Å². The summed E-state index contributed by atoms with van der Waals surface area (Å²) >= 11 is 6.06. The molecule has 0 spiro atoms. The van der Waals surface area contributed by atoms with Crippen molar-refractivity contribution in [1.29, 1.82) is 0 Å². The SMILES string of the molecule is Cc1nn(-c2ccccc2)c2nc(CC(C)C)nc(N3CCCN(C(=O)[C@H](C)Cl)CC3)c12. The first kappa shape index (κ1) is 22.5. The molecule has 1 aromatic carbocycles. The third kappa shape index (κ3) is 4.58. The van der Waals surface area contributed by atoms with Crippen LogP contribution in [0.25, 0.3) is 16.7 Å². The molecule has 2 aromatic heterocycles. The molecule has 0 radical (unpaired) electrons. The summed E-state index contributed by atoms with van der Waals surface area (Å²) < 4.78 is 1.92. The van der Waals surface area contributed by atoms with Crippen molar-refractivity contribution >= 4 is 34.4 Å². The first-order valence-electron chi connectivity index (χ1n) is 11.3. The summed E-state index contributed by atoms with van der Waals surface area (Å²) in [5.41, 5.74) is 2.72. The molecule has 7 nitrogen and oxygen atoms in total. The molecule has 170 valence electrons. The number of para-hydroxylation sites is 1. The Hall–Kier alpha value is -2.67. The molecule has 8 heteroatoms. The molecule has 3 aromatic rings. The van der Waals surface area contributed by atoms with E-state index < -0.39 is 5.38 Å². The van der Waals surface area contributed by atoms with E-state index in [-0.39, 0.29) is 5.91 Å². The fraction of sp³-hybridized carbons (Fsp3) is 0.500. The minimum absolute atomic E-state index is 0.00470. The molecule has 0 N–H and O–H groups in total. The van der Waals surface area contributed by atoms with E-state index in [2.05, 4.69) is 18.7 Å². The fourth-order valence-electron chi connectivity index (χ4n) is 4.24. The maximum Gasteiger partial charge on any atom is 0.240 e. The molecule has 1 saturated heterocycles. The summed E-state index contributed by atoms with van der Waals surface area (Å²) in [6.45, 7) is 11.0. The minimum atomic E-state index is -0.503. The largest absolute Gasteiger partial charge is 0.354 e. The Balaban J connectivity index is 1.78. The van der Waals surface area contributed by atoms with Gasteiger partial charge in [0.1, 0.15) is 17.0 Å². The van der Waals surface area contributed by atoms with Gasteiger partial charge in [-0.2, -0.15) is 5.10 Å². The number of amides is 1. The Labute approximate surface area is 194 Å². The Morgan fingerprint density at radius 1 is 1.06 bits per heavy atom. The third-order valence-electron chi connectivity index (χ3n) is 5.77. The number of alkyl halides is 1. The summed E-state index contributed by atoms with van der Waals surface area (Å²) in [5.74, 6) is 2.18. The van der Waals surface area contributed by atoms with Crippen molar-refractivity contribution in [3.8, 4) is 5.69 Å². The molecule has 0 saturated carbocycles. The van der Waals surface area contributed by atoms with Gasteiger partial charge in [0.15, 0.2) is 5.65 Å². The zero-order valence-corrected chi connectivity index (χ0v) is 20.0. The highest BCUT2D eigenvalue weighted by Gasteiger charge is 2.26. The average molecular weight is 455 g/mol. The molecule has 0 unspecified atom stereocenters. The molecule has 1 aliphatic heterocycles. The van der Waals surface area contributed by atoms with Crippen LogP contribution in [0.5, 0.6) is 0 Å². The lowest BCUT2D eigenvalue weighted by molar-refractivity contribution is -0.130. The predicted octanol–water partition coefficient (Wildman–Crippen LogP) is 3.99. The molecule has 1 amide bonds. The van der Waals surface area contributed by atoms with Crippen molar-refractivity contribution in [3.63, 3.8) is 0 Å². The van der Waals surface area contributed by atoms with E-state index in [0.717, 1.165) is 53.4 Å². The Kier molecular flexibility index (Phi) is 6.65. The number of hydrogen-bond acceptors (Lipinski definition) is 5. The molecule has 1 aliphatic rings. The molecule has 3 heterocycles. The van der Waals surface area contributed by atoms with Gasteiger partial charge in [-0.15, -0.1) is 11.6 Å². The second-order valence-corrected chi connectivity index (χ2v) is 9.53. The van der Waals surface area contributed by atoms with E-state index in [4.69, 9.17) is 26.7 Å². The lowest BCUT2D eigenvalue weighted by atomic mass is 10.1. The topological polar surface area (TPSA) is 67.2 Å². The second-order valence-electron chi connectivity index (χ2n) is 8.87. The lowest BCUT2D eigenvalue weighted by Gasteiger charge is -2.24. The van der Waals surface area contributed by atoms with Crippen molar-refractivity contribution in [2.45, 2.75) is 45.9 Å². The number of halogens is 1. The van der Waals surface area contributed by atoms with Crippen LogP contribution in [0.2, 0.25) is 0 Å². The van der Waals surface area contributed by atoms with Crippen LogP contribution in [0, 0.1) is 12.8 Å². The van der Waals surface area contributed by atoms with Gasteiger partial charge >= 0.3 is 0 Å². The number of aryl methyl sites for hydroxylation is 1. The molecule has 32 heavy (non-hydrogen) atoms. The van der Waals surface area contributed by atoms with E-state index in [1.807, 2.05) is 46.8 Å². The number of aromatic nitrogens is 4. The van der Waals surface area contributed by atoms with E-state index in [9.17, 15) is 4.79 Å². The Bertz CT molecular complexity index is 1090. The second kappa shape index (κ2) is 9.45. The third-order valence-corrected chi connectivity index (χ3v) is 5.96. The van der Waals surface area contributed by atoms with Crippen LogP contribution < -0.4 is 4.90 Å². The van der Waals surface area contributed by atoms with Gasteiger partial charge in [0.2, 0.25) is 5.91 Å². The standard InChI is InChI=1S/C24H31ClN6O/c1-16(2)15-20-26-22(29-11-8-12-30(14-13-29)24(32)17(3)25)21-18(4)28-31(23(21)27-20)19-9-6-5-7-10-19/h5-7,9-10,16-17H,8,11-15H2,1-4H3/t17-/m0/s1. The molecule has 4 rings (SSSR count). The van der Waals surface area contributed by atoms with Crippen LogP contribution in [0.4, 0.5) is 5.82 Å². The first-order chi connectivity index (χ1) is 15.3. The fourth-order valence-corrected chi connectivity index (χ4v) is 4.38. The van der Waals surface area contributed by atoms with Crippen LogP contribution in [-0.4, -0.2) is 62.1 Å². The van der Waals surface area contributed by atoms with Gasteiger partial charge in [0.25, 0.3) is 0 Å². The number of fused-ring (bicyclic) bond motifs is 1. The van der Waals surface area contributed by atoms with Crippen molar-refractivity contribution < 1.29 is 4.79 Å². The van der Waals surface area contributed by atoms with Crippen molar-refractivity contribution in [3.05, 3.63) is 41.9 Å². The van der Waals surface area contributed by atoms with E-state index in [1.165, 1.54) is 0 Å². The summed E-state index contributed by atoms with van der Waals surface area (Å²) in [6.07, 6.45) is 1.66. The highest BCUT2D eigenvalue weighted by atomic mass is 35.5. The summed E-state index contributed by atoms with van der Waals surface area (Å²) in [6, 6.07) is 10.1. The van der Waals surface area contributed by atoms with Crippen molar-refractivity contribution in [2.24, 2.45) is 5.92 Å². The first-order valence-corrected chi connectivity index (χ1v) is 11.8. The van der Waals surface area contributed by atoms with Crippen molar-refractivity contribution in [2.75, 3.05) is 31.1 Å². The average Bonchev–Trinajstić information content (AvgIpc) is 2.94. The Morgan fingerprint density at radius 3 is 2.50 bits per heavy atom. The van der Waals surface area contributed by atoms with Crippen molar-refractivity contribution in [1.82, 2.24) is 24.6 Å². The molecular formula is C24H31ClN6O. The van der Waals surface area contributed by atoms with Crippen LogP contribution >= 0.6 is 11.6 Å².